The molecule has 52 heavy (non-hydrogen) atoms. The van der Waals surface area contributed by atoms with E-state index in [0.717, 1.165) is 51.4 Å². The van der Waals surface area contributed by atoms with E-state index in [4.69, 9.17) is 18.5 Å². The van der Waals surface area contributed by atoms with Crippen LogP contribution in [0.3, 0.4) is 0 Å². The molecule has 0 aliphatic heterocycles. The number of carbonyl (C=O) groups is 2. The van der Waals surface area contributed by atoms with Gasteiger partial charge in [0.05, 0.1) is 13.2 Å². The normalized spacial score (nSPS) is 14.0. The van der Waals surface area contributed by atoms with Gasteiger partial charge in [0, 0.05) is 19.4 Å². The second-order valence-corrected chi connectivity index (χ2v) is 14.5. The molecule has 0 aliphatic carbocycles. The Labute approximate surface area is 317 Å². The van der Waals surface area contributed by atoms with Gasteiger partial charge >= 0.3 is 19.8 Å². The molecule has 0 rings (SSSR count). The molecule has 2 N–H and O–H groups in total. The van der Waals surface area contributed by atoms with Gasteiger partial charge in [-0.25, -0.2) is 4.57 Å². The first-order chi connectivity index (χ1) is 25.3. The number of carbonyl (C=O) groups excluding carboxylic acids is 2. The Bertz CT molecular complexity index is 1040. The first kappa shape index (κ1) is 49.7. The van der Waals surface area contributed by atoms with E-state index in [1.54, 1.807) is 7.05 Å². The Hall–Kier alpha value is -2.29. The van der Waals surface area contributed by atoms with Crippen LogP contribution in [0.1, 0.15) is 155 Å². The topological polar surface area (TPSA) is 120 Å². The fraction of sp³-hybridized carbons (Fsp3) is 0.714. The summed E-state index contributed by atoms with van der Waals surface area (Å²) in [4.78, 5) is 34.9. The molecule has 0 saturated carbocycles. The number of esters is 2. The Morgan fingerprint density at radius 1 is 0.615 bits per heavy atom. The van der Waals surface area contributed by atoms with Crippen molar-refractivity contribution in [2.45, 2.75) is 161 Å². The molecule has 9 nitrogen and oxygen atoms in total. The van der Waals surface area contributed by atoms with Crippen molar-refractivity contribution in [3.8, 4) is 0 Å². The number of likely N-dealkylation sites (N-methyl/N-ethyl adjacent to an activating group) is 1. The van der Waals surface area contributed by atoms with Gasteiger partial charge in [-0.2, -0.15) is 0 Å². The van der Waals surface area contributed by atoms with Crippen LogP contribution < -0.4 is 5.32 Å². The van der Waals surface area contributed by atoms with Crippen molar-refractivity contribution in [1.82, 2.24) is 5.32 Å². The van der Waals surface area contributed by atoms with Gasteiger partial charge < -0.3 is 19.7 Å². The fourth-order valence-corrected chi connectivity index (χ4v) is 5.87. The van der Waals surface area contributed by atoms with Gasteiger partial charge in [0.1, 0.15) is 6.61 Å². The SMILES string of the molecule is CC/C=C\C/C=C\C/C=C\C/C=C\C/C=C\CCCC(=O)OC(COC(=O)CCCCCCCCCCCCCCC)COP(=O)(O)OCCNC. The highest BCUT2D eigenvalue weighted by molar-refractivity contribution is 7.47. The first-order valence-electron chi connectivity index (χ1n) is 20.2. The smallest absolute Gasteiger partial charge is 0.462 e. The molecule has 0 fully saturated rings. The molecule has 0 saturated heterocycles. The summed E-state index contributed by atoms with van der Waals surface area (Å²) in [6, 6.07) is 0. The molecule has 2 atom stereocenters. The van der Waals surface area contributed by atoms with Crippen molar-refractivity contribution in [1.29, 1.82) is 0 Å². The summed E-state index contributed by atoms with van der Waals surface area (Å²) < 4.78 is 33.0. The predicted molar refractivity (Wildman–Crippen MR) is 215 cm³/mol. The van der Waals surface area contributed by atoms with Crippen molar-refractivity contribution in [3.63, 3.8) is 0 Å². The summed E-state index contributed by atoms with van der Waals surface area (Å²) in [5.41, 5.74) is 0. The summed E-state index contributed by atoms with van der Waals surface area (Å²) in [7, 11) is -2.67. The molecule has 300 valence electrons. The molecule has 2 unspecified atom stereocenters. The average Bonchev–Trinajstić information content (AvgIpc) is 3.12. The third kappa shape index (κ3) is 37.5. The Morgan fingerprint density at radius 2 is 1.10 bits per heavy atom. The van der Waals surface area contributed by atoms with Crippen LogP contribution in [0.5, 0.6) is 0 Å². The quantitative estimate of drug-likeness (QED) is 0.0276. The number of rotatable bonds is 37. The highest BCUT2D eigenvalue weighted by Crippen LogP contribution is 2.43. The van der Waals surface area contributed by atoms with Crippen LogP contribution in [0, 0.1) is 0 Å². The van der Waals surface area contributed by atoms with Crippen LogP contribution in [0.25, 0.3) is 0 Å². The van der Waals surface area contributed by atoms with Crippen LogP contribution in [0.4, 0.5) is 0 Å². The molecule has 0 aromatic heterocycles. The van der Waals surface area contributed by atoms with Crippen molar-refractivity contribution >= 4 is 19.8 Å². The van der Waals surface area contributed by atoms with E-state index in [1.807, 2.05) is 6.08 Å². The largest absolute Gasteiger partial charge is 0.472 e. The molecule has 0 spiro atoms. The summed E-state index contributed by atoms with van der Waals surface area (Å²) >= 11 is 0. The van der Waals surface area contributed by atoms with Crippen LogP contribution in [-0.4, -0.2) is 56.3 Å². The molecular formula is C42H74NO8P. The number of hydrogen-bond acceptors (Lipinski definition) is 8. The Balaban J connectivity index is 4.38. The second-order valence-electron chi connectivity index (χ2n) is 13.1. The minimum atomic E-state index is -4.36. The van der Waals surface area contributed by atoms with Crippen LogP contribution in [-0.2, 0) is 32.7 Å². The van der Waals surface area contributed by atoms with E-state index in [9.17, 15) is 19.0 Å². The summed E-state index contributed by atoms with van der Waals surface area (Å²) in [5, 5.41) is 2.81. The van der Waals surface area contributed by atoms with Gasteiger partial charge in [0.15, 0.2) is 6.10 Å². The summed E-state index contributed by atoms with van der Waals surface area (Å²) in [6.07, 6.45) is 42.7. The lowest BCUT2D eigenvalue weighted by atomic mass is 10.0. The van der Waals surface area contributed by atoms with Gasteiger partial charge in [0.25, 0.3) is 0 Å². The fourth-order valence-electron chi connectivity index (χ4n) is 5.12. The Morgan fingerprint density at radius 3 is 1.62 bits per heavy atom. The number of nitrogens with one attached hydrogen (secondary N) is 1. The zero-order chi connectivity index (χ0) is 38.2. The first-order valence-corrected chi connectivity index (χ1v) is 21.7. The third-order valence-electron chi connectivity index (χ3n) is 8.15. The van der Waals surface area contributed by atoms with Gasteiger partial charge in [-0.15, -0.1) is 0 Å². The number of ether oxygens (including phenoxy) is 2. The van der Waals surface area contributed by atoms with E-state index in [2.05, 4.69) is 73.8 Å². The molecule has 10 heteroatoms. The lowest BCUT2D eigenvalue weighted by Gasteiger charge is -2.20. The van der Waals surface area contributed by atoms with E-state index >= 15 is 0 Å². The van der Waals surface area contributed by atoms with Crippen molar-refractivity contribution < 1.29 is 37.6 Å². The predicted octanol–water partition coefficient (Wildman–Crippen LogP) is 11.2. The monoisotopic (exact) mass is 752 g/mol. The maximum Gasteiger partial charge on any atom is 0.472 e. The van der Waals surface area contributed by atoms with E-state index in [0.29, 0.717) is 19.4 Å². The summed E-state index contributed by atoms with van der Waals surface area (Å²) in [5.74, 6) is -0.877. The number of phosphoric ester groups is 1. The number of hydrogen-bond donors (Lipinski definition) is 2. The van der Waals surface area contributed by atoms with Gasteiger partial charge in [-0.05, 0) is 58.4 Å². The lowest BCUT2D eigenvalue weighted by molar-refractivity contribution is -0.161. The minimum absolute atomic E-state index is 0.0291. The van der Waals surface area contributed by atoms with E-state index < -0.39 is 26.5 Å². The highest BCUT2D eigenvalue weighted by atomic mass is 31.2. The standard InChI is InChI=1S/C42H74NO8P/c1-4-6-8-10-12-14-16-18-19-20-21-23-25-27-29-31-33-35-42(45)51-40(39-50-52(46,47)49-37-36-43-3)38-48-41(44)34-32-30-28-26-24-22-17-15-13-11-9-7-5-2/h6,8,12,14,18-19,21,23,27,29,40,43H,4-5,7,9-11,13,15-17,20,22,24-26,28,30-39H2,1-3H3,(H,46,47)/b8-6-,14-12-,19-18-,23-21-,29-27-. The summed E-state index contributed by atoms with van der Waals surface area (Å²) in [6.45, 7) is 4.03. The maximum atomic E-state index is 12.6. The molecule has 0 radical (unpaired) electrons. The molecule has 0 bridgehead atoms. The van der Waals surface area contributed by atoms with E-state index in [-0.39, 0.29) is 32.0 Å². The van der Waals surface area contributed by atoms with Gasteiger partial charge in [-0.1, -0.05) is 152 Å². The molecule has 0 aromatic rings. The van der Waals surface area contributed by atoms with Gasteiger partial charge in [0.2, 0.25) is 0 Å². The number of allylic oxidation sites excluding steroid dienone is 10. The molecule has 0 amide bonds. The molecule has 0 aromatic carbocycles. The van der Waals surface area contributed by atoms with Crippen LogP contribution in [0.15, 0.2) is 60.8 Å². The highest BCUT2D eigenvalue weighted by Gasteiger charge is 2.26. The lowest BCUT2D eigenvalue weighted by Crippen LogP contribution is -2.29. The second kappa shape index (κ2) is 38.4. The number of unbranched alkanes of at least 4 members (excludes halogenated alkanes) is 13. The number of phosphoric acid groups is 1. The Kier molecular flexibility index (Phi) is 36.7. The zero-order valence-corrected chi connectivity index (χ0v) is 33.9. The van der Waals surface area contributed by atoms with E-state index in [1.165, 1.54) is 64.2 Å². The minimum Gasteiger partial charge on any atom is -0.462 e. The maximum absolute atomic E-state index is 12.6. The van der Waals surface area contributed by atoms with Crippen LogP contribution >= 0.6 is 7.82 Å². The zero-order valence-electron chi connectivity index (χ0n) is 33.0. The van der Waals surface area contributed by atoms with Gasteiger partial charge in [-0.3, -0.25) is 18.6 Å². The average molecular weight is 752 g/mol. The van der Waals surface area contributed by atoms with Crippen molar-refractivity contribution in [2.24, 2.45) is 0 Å². The van der Waals surface area contributed by atoms with Crippen LogP contribution in [0.2, 0.25) is 0 Å². The third-order valence-corrected chi connectivity index (χ3v) is 9.14. The molecule has 0 aliphatic rings. The molecular weight excluding hydrogens is 677 g/mol. The van der Waals surface area contributed by atoms with Crippen molar-refractivity contribution in [2.75, 3.05) is 33.4 Å². The molecule has 0 heterocycles. The van der Waals surface area contributed by atoms with Crippen molar-refractivity contribution in [3.05, 3.63) is 60.8 Å².